The lowest BCUT2D eigenvalue weighted by Crippen LogP contribution is -2.50. The zero-order valence-corrected chi connectivity index (χ0v) is 11.2. The molecule has 0 aliphatic heterocycles. The molecule has 6 heteroatoms. The summed E-state index contributed by atoms with van der Waals surface area (Å²) in [6.07, 6.45) is -0.928. The summed E-state index contributed by atoms with van der Waals surface area (Å²) in [6, 6.07) is -0.909. The van der Waals surface area contributed by atoms with E-state index in [4.69, 9.17) is 5.73 Å². The molecule has 6 nitrogen and oxygen atoms in total. The quantitative estimate of drug-likeness (QED) is 0.652. The van der Waals surface area contributed by atoms with E-state index in [2.05, 4.69) is 0 Å². The molecule has 0 saturated carbocycles. The third-order valence-corrected chi connectivity index (χ3v) is 2.72. The summed E-state index contributed by atoms with van der Waals surface area (Å²) >= 11 is 0. The van der Waals surface area contributed by atoms with E-state index in [0.717, 1.165) is 0 Å². The number of aliphatic hydroxyl groups is 1. The van der Waals surface area contributed by atoms with Gasteiger partial charge in [-0.2, -0.15) is 0 Å². The summed E-state index contributed by atoms with van der Waals surface area (Å²) in [5.74, 6) is -0.598. The van der Waals surface area contributed by atoms with Crippen LogP contribution in [0.3, 0.4) is 0 Å². The fourth-order valence-corrected chi connectivity index (χ4v) is 1.14. The highest BCUT2D eigenvalue weighted by Gasteiger charge is 2.24. The maximum Gasteiger partial charge on any atom is 0.242 e. The van der Waals surface area contributed by atoms with Crippen LogP contribution in [0.25, 0.3) is 0 Å². The molecule has 2 amide bonds. The van der Waals surface area contributed by atoms with Crippen LogP contribution in [0.1, 0.15) is 20.8 Å². The van der Waals surface area contributed by atoms with E-state index in [1.807, 2.05) is 13.8 Å². The second-order valence-electron chi connectivity index (χ2n) is 4.56. The van der Waals surface area contributed by atoms with Gasteiger partial charge in [0.2, 0.25) is 11.8 Å². The Morgan fingerprint density at radius 2 is 1.71 bits per heavy atom. The van der Waals surface area contributed by atoms with E-state index >= 15 is 0 Å². The largest absolute Gasteiger partial charge is 0.391 e. The molecule has 0 aromatic carbocycles. The van der Waals surface area contributed by atoms with Gasteiger partial charge in [-0.05, 0) is 20.8 Å². The number of amides is 2. The monoisotopic (exact) mass is 245 g/mol. The number of likely N-dealkylation sites (N-methyl/N-ethyl adjacent to an activating group) is 2. The molecule has 3 N–H and O–H groups in total. The average molecular weight is 245 g/mol. The van der Waals surface area contributed by atoms with Crippen LogP contribution >= 0.6 is 0 Å². The van der Waals surface area contributed by atoms with Crippen LogP contribution in [-0.2, 0) is 9.59 Å². The summed E-state index contributed by atoms with van der Waals surface area (Å²) < 4.78 is 0. The van der Waals surface area contributed by atoms with Crippen LogP contribution in [0, 0.1) is 0 Å². The lowest BCUT2D eigenvalue weighted by atomic mass is 10.2. The lowest BCUT2D eigenvalue weighted by molar-refractivity contribution is -0.141. The predicted molar refractivity (Wildman–Crippen MR) is 65.2 cm³/mol. The Bertz CT molecular complexity index is 279. The molecule has 0 saturated heterocycles. The average Bonchev–Trinajstić information content (AvgIpc) is 2.25. The van der Waals surface area contributed by atoms with Crippen molar-refractivity contribution < 1.29 is 14.7 Å². The Kier molecular flexibility index (Phi) is 6.12. The van der Waals surface area contributed by atoms with Gasteiger partial charge in [0.1, 0.15) is 6.04 Å². The number of carbonyl (C=O) groups is 2. The molecule has 0 spiro atoms. The molecule has 17 heavy (non-hydrogen) atoms. The fourth-order valence-electron chi connectivity index (χ4n) is 1.14. The zero-order valence-electron chi connectivity index (χ0n) is 11.2. The summed E-state index contributed by atoms with van der Waals surface area (Å²) in [5, 5.41) is 9.20. The molecular weight excluding hydrogens is 222 g/mol. The van der Waals surface area contributed by atoms with E-state index in [1.165, 1.54) is 18.9 Å². The fraction of sp³-hybridized carbons (Fsp3) is 0.818. The van der Waals surface area contributed by atoms with Crippen molar-refractivity contribution in [2.24, 2.45) is 5.73 Å². The van der Waals surface area contributed by atoms with E-state index in [9.17, 15) is 14.7 Å². The first kappa shape index (κ1) is 15.9. The number of nitrogens with zero attached hydrogens (tertiary/aromatic N) is 2. The minimum Gasteiger partial charge on any atom is -0.391 e. The smallest absolute Gasteiger partial charge is 0.242 e. The molecule has 0 aromatic heterocycles. The van der Waals surface area contributed by atoms with Gasteiger partial charge >= 0.3 is 0 Å². The summed E-state index contributed by atoms with van der Waals surface area (Å²) in [7, 11) is 3.18. The predicted octanol–water partition coefficient (Wildman–Crippen LogP) is -0.980. The normalized spacial score (nSPS) is 14.4. The van der Waals surface area contributed by atoms with Gasteiger partial charge in [0.15, 0.2) is 0 Å². The molecule has 100 valence electrons. The van der Waals surface area contributed by atoms with Crippen molar-refractivity contribution in [1.82, 2.24) is 9.80 Å². The van der Waals surface area contributed by atoms with Gasteiger partial charge in [-0.1, -0.05) is 0 Å². The molecular formula is C11H23N3O3. The van der Waals surface area contributed by atoms with Crippen molar-refractivity contribution in [3.8, 4) is 0 Å². The summed E-state index contributed by atoms with van der Waals surface area (Å²) in [6.45, 7) is 5.19. The molecule has 0 fully saturated rings. The summed E-state index contributed by atoms with van der Waals surface area (Å²) in [4.78, 5) is 26.2. The highest BCUT2D eigenvalue weighted by molar-refractivity contribution is 5.87. The molecule has 0 radical (unpaired) electrons. The van der Waals surface area contributed by atoms with Crippen LogP contribution in [0.15, 0.2) is 0 Å². The molecule has 0 aliphatic rings. The maximum absolute atomic E-state index is 11.7. The van der Waals surface area contributed by atoms with Crippen LogP contribution in [0.5, 0.6) is 0 Å². The Morgan fingerprint density at radius 1 is 1.24 bits per heavy atom. The van der Waals surface area contributed by atoms with Crippen LogP contribution in [0.4, 0.5) is 0 Å². The van der Waals surface area contributed by atoms with Gasteiger partial charge < -0.3 is 20.6 Å². The number of rotatable bonds is 5. The molecule has 0 unspecified atom stereocenters. The van der Waals surface area contributed by atoms with Crippen molar-refractivity contribution in [2.75, 3.05) is 20.6 Å². The van der Waals surface area contributed by atoms with Crippen molar-refractivity contribution in [1.29, 1.82) is 0 Å². The van der Waals surface area contributed by atoms with E-state index in [1.54, 1.807) is 11.9 Å². The van der Waals surface area contributed by atoms with Crippen molar-refractivity contribution in [3.63, 3.8) is 0 Å². The minimum absolute atomic E-state index is 0.0338. The number of carbonyl (C=O) groups excluding carboxylic acids is 2. The highest BCUT2D eigenvalue weighted by atomic mass is 16.3. The van der Waals surface area contributed by atoms with E-state index in [-0.39, 0.29) is 18.5 Å². The third kappa shape index (κ3) is 4.70. The van der Waals surface area contributed by atoms with E-state index in [0.29, 0.717) is 0 Å². The third-order valence-electron chi connectivity index (χ3n) is 2.72. The van der Waals surface area contributed by atoms with Gasteiger partial charge in [0.05, 0.1) is 12.6 Å². The van der Waals surface area contributed by atoms with Crippen LogP contribution < -0.4 is 5.73 Å². The Labute approximate surface area is 102 Å². The van der Waals surface area contributed by atoms with Gasteiger partial charge in [0.25, 0.3) is 0 Å². The van der Waals surface area contributed by atoms with Gasteiger partial charge in [-0.25, -0.2) is 0 Å². The topological polar surface area (TPSA) is 86.9 Å². The van der Waals surface area contributed by atoms with Crippen molar-refractivity contribution in [2.45, 2.75) is 39.0 Å². The molecule has 0 heterocycles. The second-order valence-corrected chi connectivity index (χ2v) is 4.56. The SMILES string of the molecule is CC(C)N(C)C(=O)CN(C)C(=O)[C@@H](N)[C@@H](C)O. The molecule has 0 rings (SSSR count). The Balaban J connectivity index is 4.40. The highest BCUT2D eigenvalue weighted by Crippen LogP contribution is 1.99. The first-order chi connectivity index (χ1) is 7.68. The first-order valence-corrected chi connectivity index (χ1v) is 5.62. The standard InChI is InChI=1S/C11H23N3O3/c1-7(2)14(5)9(16)6-13(4)11(17)10(12)8(3)15/h7-8,10,15H,6,12H2,1-5H3/t8-,10+/m1/s1. The Morgan fingerprint density at radius 3 is 2.06 bits per heavy atom. The second kappa shape index (κ2) is 6.56. The number of aliphatic hydroxyl groups excluding tert-OH is 1. The van der Waals surface area contributed by atoms with Gasteiger partial charge in [-0.15, -0.1) is 0 Å². The molecule has 0 aliphatic carbocycles. The van der Waals surface area contributed by atoms with E-state index < -0.39 is 18.1 Å². The number of hydrogen-bond acceptors (Lipinski definition) is 4. The first-order valence-electron chi connectivity index (χ1n) is 5.62. The van der Waals surface area contributed by atoms with Crippen molar-refractivity contribution in [3.05, 3.63) is 0 Å². The number of hydrogen-bond donors (Lipinski definition) is 2. The minimum atomic E-state index is -0.989. The zero-order chi connectivity index (χ0) is 13.7. The van der Waals surface area contributed by atoms with Gasteiger partial charge in [0, 0.05) is 20.1 Å². The Hall–Kier alpha value is -1.14. The molecule has 2 atom stereocenters. The lowest BCUT2D eigenvalue weighted by Gasteiger charge is -2.26. The van der Waals surface area contributed by atoms with Gasteiger partial charge in [-0.3, -0.25) is 9.59 Å². The molecule has 0 aromatic rings. The number of nitrogens with two attached hydrogens (primary N) is 1. The van der Waals surface area contributed by atoms with Crippen LogP contribution in [0.2, 0.25) is 0 Å². The molecule has 0 bridgehead atoms. The van der Waals surface area contributed by atoms with Crippen molar-refractivity contribution >= 4 is 11.8 Å². The van der Waals surface area contributed by atoms with Crippen LogP contribution in [-0.4, -0.2) is 65.5 Å². The summed E-state index contributed by atoms with van der Waals surface area (Å²) in [5.41, 5.74) is 5.51. The maximum atomic E-state index is 11.7.